The van der Waals surface area contributed by atoms with Gasteiger partial charge in [-0.25, -0.2) is 14.1 Å². The number of nitrogens with one attached hydrogen (secondary N) is 1. The molecule has 1 saturated heterocycles. The molecule has 3 aromatic rings. The molecule has 0 radical (unpaired) electrons. The van der Waals surface area contributed by atoms with Crippen molar-refractivity contribution in [3.63, 3.8) is 0 Å². The highest BCUT2D eigenvalue weighted by atomic mass is 31.2. The van der Waals surface area contributed by atoms with E-state index in [0.717, 1.165) is 38.5 Å². The number of esters is 1. The number of ether oxygens (including phenoxy) is 3. The second kappa shape index (κ2) is 23.0. The molecule has 310 valence electrons. The standard InChI is InChI=1S/C41H63N6O8P/c1-5-8-9-10-11-12-13-14-15-16-17-21-26-51-37-35(54-41(29-42,38(37)48)36-25-24-34-39(43)44-30-45-47(34)36)28-53-56(50,55-33-22-19-18-20-23-33)46-31(4)40(49)52-27-32(6-2)7-3/h18-20,22-25,30-32,35,37-38,48H,5-17,21,26-28H2,1-4H3,(H,46,50)(H2,43,44,45)/t31-,35-,37-,38-,41+,56?/m1/s1. The van der Waals surface area contributed by atoms with Crippen LogP contribution in [0.15, 0.2) is 48.8 Å². The monoisotopic (exact) mass is 798 g/mol. The van der Waals surface area contributed by atoms with Gasteiger partial charge < -0.3 is 29.6 Å². The van der Waals surface area contributed by atoms with Crippen LogP contribution < -0.4 is 15.3 Å². The summed E-state index contributed by atoms with van der Waals surface area (Å²) in [6.45, 7) is 7.90. The number of hydrogen-bond acceptors (Lipinski definition) is 12. The molecule has 2 aromatic heterocycles. The number of aliphatic hydroxyl groups is 1. The van der Waals surface area contributed by atoms with Gasteiger partial charge in [0.1, 0.15) is 48.0 Å². The van der Waals surface area contributed by atoms with Gasteiger partial charge in [0.15, 0.2) is 5.82 Å². The van der Waals surface area contributed by atoms with E-state index >= 15 is 0 Å². The Morgan fingerprint density at radius 3 is 2.29 bits per heavy atom. The van der Waals surface area contributed by atoms with Gasteiger partial charge in [-0.2, -0.15) is 15.4 Å². The number of nitrogen functional groups attached to an aromatic ring is 1. The number of unbranched alkanes of at least 4 members (excludes halogenated alkanes) is 11. The predicted octanol–water partition coefficient (Wildman–Crippen LogP) is 8.04. The average Bonchev–Trinajstić information content (AvgIpc) is 3.76. The lowest BCUT2D eigenvalue weighted by Crippen LogP contribution is -2.42. The number of fused-ring (bicyclic) bond motifs is 1. The summed E-state index contributed by atoms with van der Waals surface area (Å²) in [5.74, 6) is 0.00692. The van der Waals surface area contributed by atoms with Crippen LogP contribution in [0.25, 0.3) is 5.52 Å². The Morgan fingerprint density at radius 2 is 1.66 bits per heavy atom. The Kier molecular flexibility index (Phi) is 18.5. The van der Waals surface area contributed by atoms with E-state index in [4.69, 9.17) is 29.0 Å². The number of anilines is 1. The van der Waals surface area contributed by atoms with Crippen molar-refractivity contribution in [1.82, 2.24) is 19.7 Å². The fourth-order valence-corrected chi connectivity index (χ4v) is 8.42. The lowest BCUT2D eigenvalue weighted by atomic mass is 9.92. The normalized spacial score (nSPS) is 21.2. The number of aromatic nitrogens is 3. The molecule has 1 unspecified atom stereocenters. The first kappa shape index (κ1) is 45.1. The summed E-state index contributed by atoms with van der Waals surface area (Å²) < 4.78 is 45.9. The van der Waals surface area contributed by atoms with Crippen molar-refractivity contribution in [2.75, 3.05) is 25.6 Å². The molecule has 0 aliphatic carbocycles. The van der Waals surface area contributed by atoms with Crippen LogP contribution in [0.2, 0.25) is 0 Å². The number of nitriles is 1. The summed E-state index contributed by atoms with van der Waals surface area (Å²) in [6, 6.07) is 12.7. The third-order valence-electron chi connectivity index (χ3n) is 10.5. The van der Waals surface area contributed by atoms with E-state index < -0.39 is 50.3 Å². The first-order chi connectivity index (χ1) is 27.1. The van der Waals surface area contributed by atoms with E-state index in [2.05, 4.69) is 28.2 Å². The third-order valence-corrected chi connectivity index (χ3v) is 12.1. The van der Waals surface area contributed by atoms with Crippen LogP contribution in [-0.2, 0) is 33.7 Å². The Bertz CT molecular complexity index is 1700. The van der Waals surface area contributed by atoms with Crippen molar-refractivity contribution < 1.29 is 37.7 Å². The second-order valence-electron chi connectivity index (χ2n) is 14.7. The van der Waals surface area contributed by atoms with Gasteiger partial charge in [-0.05, 0) is 43.5 Å². The first-order valence-electron chi connectivity index (χ1n) is 20.5. The molecular formula is C41H63N6O8P. The molecule has 0 saturated carbocycles. The first-order valence-corrected chi connectivity index (χ1v) is 22.1. The lowest BCUT2D eigenvalue weighted by Gasteiger charge is -2.26. The fraction of sp³-hybridized carbons (Fsp3) is 0.659. The van der Waals surface area contributed by atoms with Crippen LogP contribution in [0, 0.1) is 17.2 Å². The summed E-state index contributed by atoms with van der Waals surface area (Å²) in [5, 5.41) is 29.6. The van der Waals surface area contributed by atoms with Gasteiger partial charge in [-0.1, -0.05) is 122 Å². The quantitative estimate of drug-likeness (QED) is 0.0382. The summed E-state index contributed by atoms with van der Waals surface area (Å²) in [4.78, 5) is 17.0. The van der Waals surface area contributed by atoms with Crippen molar-refractivity contribution in [2.45, 2.75) is 148 Å². The molecule has 0 bridgehead atoms. The maximum atomic E-state index is 14.4. The Morgan fingerprint density at radius 1 is 1.02 bits per heavy atom. The molecule has 0 amide bonds. The molecular weight excluding hydrogens is 735 g/mol. The highest BCUT2D eigenvalue weighted by molar-refractivity contribution is 7.52. The Hall–Kier alpha value is -3.57. The van der Waals surface area contributed by atoms with E-state index in [1.165, 1.54) is 69.1 Å². The molecule has 1 aliphatic heterocycles. The number of benzene rings is 1. The number of aliphatic hydroxyl groups excluding tert-OH is 1. The van der Waals surface area contributed by atoms with Crippen molar-refractivity contribution in [1.29, 1.82) is 5.26 Å². The van der Waals surface area contributed by atoms with Crippen LogP contribution in [0.3, 0.4) is 0 Å². The van der Waals surface area contributed by atoms with Crippen molar-refractivity contribution >= 4 is 25.1 Å². The molecule has 0 spiro atoms. The molecule has 1 aromatic carbocycles. The van der Waals surface area contributed by atoms with Crippen LogP contribution in [0.5, 0.6) is 5.75 Å². The number of para-hydroxylation sites is 1. The molecule has 15 heteroatoms. The summed E-state index contributed by atoms with van der Waals surface area (Å²) >= 11 is 0. The van der Waals surface area contributed by atoms with Gasteiger partial charge >= 0.3 is 13.7 Å². The number of nitrogens with two attached hydrogens (primary N) is 1. The van der Waals surface area contributed by atoms with Crippen molar-refractivity contribution in [2.24, 2.45) is 5.92 Å². The second-order valence-corrected chi connectivity index (χ2v) is 16.4. The van der Waals surface area contributed by atoms with E-state index in [9.17, 15) is 19.7 Å². The van der Waals surface area contributed by atoms with E-state index in [0.29, 0.717) is 12.1 Å². The molecule has 6 atom stereocenters. The zero-order valence-electron chi connectivity index (χ0n) is 33.6. The smallest absolute Gasteiger partial charge is 0.459 e. The molecule has 14 nitrogen and oxygen atoms in total. The van der Waals surface area contributed by atoms with Gasteiger partial charge in [-0.15, -0.1) is 0 Å². The zero-order valence-corrected chi connectivity index (χ0v) is 34.5. The maximum absolute atomic E-state index is 14.4. The molecule has 56 heavy (non-hydrogen) atoms. The molecule has 1 aliphatic rings. The van der Waals surface area contributed by atoms with Gasteiger partial charge in [0.25, 0.3) is 0 Å². The number of hydrogen-bond donors (Lipinski definition) is 3. The van der Waals surface area contributed by atoms with Gasteiger partial charge in [0.05, 0.1) is 18.9 Å². The fourth-order valence-electron chi connectivity index (χ4n) is 6.92. The predicted molar refractivity (Wildman–Crippen MR) is 215 cm³/mol. The Balaban J connectivity index is 1.47. The highest BCUT2D eigenvalue weighted by Crippen LogP contribution is 2.48. The van der Waals surface area contributed by atoms with Crippen LogP contribution in [0.4, 0.5) is 5.82 Å². The van der Waals surface area contributed by atoms with Crippen molar-refractivity contribution in [3.8, 4) is 11.8 Å². The largest absolute Gasteiger partial charge is 0.464 e. The van der Waals surface area contributed by atoms with Gasteiger partial charge in [0, 0.05) is 6.61 Å². The minimum Gasteiger partial charge on any atom is -0.464 e. The summed E-state index contributed by atoms with van der Waals surface area (Å²) in [7, 11) is -4.32. The SMILES string of the molecule is CCCCCCCCCCCCCCO[C@H]1[C@@H](O)[C@](C#N)(c2ccc3c(N)ncnn23)O[C@@H]1COP(=O)(N[C@H](C)C(=O)OCC(CC)CC)Oc1ccccc1. The topological polar surface area (TPSA) is 193 Å². The number of carbonyl (C=O) groups is 1. The maximum Gasteiger partial charge on any atom is 0.459 e. The molecule has 4 N–H and O–H groups in total. The number of carbonyl (C=O) groups excluding carboxylic acids is 1. The van der Waals surface area contributed by atoms with E-state index in [-0.39, 0.29) is 29.8 Å². The van der Waals surface area contributed by atoms with Gasteiger partial charge in [0.2, 0.25) is 5.60 Å². The van der Waals surface area contributed by atoms with E-state index in [1.807, 2.05) is 13.8 Å². The number of nitrogens with zero attached hydrogens (tertiary/aromatic N) is 4. The van der Waals surface area contributed by atoms with Crippen LogP contribution >= 0.6 is 7.75 Å². The van der Waals surface area contributed by atoms with Crippen LogP contribution in [-0.4, -0.2) is 69.8 Å². The molecule has 4 rings (SSSR count). The Labute approximate surface area is 332 Å². The van der Waals surface area contributed by atoms with Crippen LogP contribution in [0.1, 0.15) is 123 Å². The van der Waals surface area contributed by atoms with Gasteiger partial charge in [-0.3, -0.25) is 9.32 Å². The molecule has 3 heterocycles. The number of rotatable bonds is 27. The summed E-state index contributed by atoms with van der Waals surface area (Å²) in [6.07, 6.45) is 13.5. The minimum atomic E-state index is -4.32. The average molecular weight is 799 g/mol. The highest BCUT2D eigenvalue weighted by Gasteiger charge is 2.59. The third kappa shape index (κ3) is 12.5. The lowest BCUT2D eigenvalue weighted by molar-refractivity contribution is -0.146. The van der Waals surface area contributed by atoms with E-state index in [1.54, 1.807) is 42.5 Å². The zero-order chi connectivity index (χ0) is 40.4. The van der Waals surface area contributed by atoms with Crippen molar-refractivity contribution in [3.05, 3.63) is 54.5 Å². The summed E-state index contributed by atoms with van der Waals surface area (Å²) in [5.41, 5.74) is 4.76. The minimum absolute atomic E-state index is 0.184. The molecule has 1 fully saturated rings.